The summed E-state index contributed by atoms with van der Waals surface area (Å²) in [4.78, 5) is 6.47. The summed E-state index contributed by atoms with van der Waals surface area (Å²) in [6.07, 6.45) is 5.98. The molecule has 0 bridgehead atoms. The quantitative estimate of drug-likeness (QED) is 0.412. The van der Waals surface area contributed by atoms with Crippen LogP contribution in [0.2, 0.25) is 0 Å². The minimum Gasteiger partial charge on any atom is -0.378 e. The number of rotatable bonds is 5. The summed E-state index contributed by atoms with van der Waals surface area (Å²) < 4.78 is 0. The number of hydrogen-bond donors (Lipinski definition) is 2. The van der Waals surface area contributed by atoms with Crippen molar-refractivity contribution >= 4 is 47.4 Å². The number of aliphatic imine (C=N–C) groups is 1. The van der Waals surface area contributed by atoms with Crippen LogP contribution in [0.15, 0.2) is 29.3 Å². The molecule has 1 saturated carbocycles. The summed E-state index contributed by atoms with van der Waals surface area (Å²) in [5.74, 6) is 0.905. The number of halogens is 1. The van der Waals surface area contributed by atoms with Crippen molar-refractivity contribution in [1.29, 1.82) is 0 Å². The normalized spacial score (nSPS) is 20.8. The van der Waals surface area contributed by atoms with Crippen LogP contribution >= 0.6 is 35.7 Å². The van der Waals surface area contributed by atoms with Gasteiger partial charge in [0.15, 0.2) is 5.96 Å². The molecule has 0 radical (unpaired) electrons. The van der Waals surface area contributed by atoms with Crippen molar-refractivity contribution in [3.63, 3.8) is 0 Å². The summed E-state index contributed by atoms with van der Waals surface area (Å²) in [6, 6.07) is 9.13. The summed E-state index contributed by atoms with van der Waals surface area (Å²) >= 11 is 1.98. The van der Waals surface area contributed by atoms with Gasteiger partial charge in [-0.05, 0) is 43.2 Å². The number of guanidine groups is 1. The zero-order chi connectivity index (χ0) is 15.9. The molecule has 23 heavy (non-hydrogen) atoms. The van der Waals surface area contributed by atoms with E-state index in [1.807, 2.05) is 18.8 Å². The Kier molecular flexibility index (Phi) is 9.12. The van der Waals surface area contributed by atoms with E-state index < -0.39 is 0 Å². The monoisotopic (exact) mass is 448 g/mol. The van der Waals surface area contributed by atoms with E-state index >= 15 is 0 Å². The lowest BCUT2D eigenvalue weighted by Crippen LogP contribution is -2.42. The summed E-state index contributed by atoms with van der Waals surface area (Å²) in [6.45, 7) is 0.792. The number of nitrogens with one attached hydrogen (secondary N) is 2. The average Bonchev–Trinajstić information content (AvgIpc) is 2.99. The van der Waals surface area contributed by atoms with Gasteiger partial charge in [-0.3, -0.25) is 4.99 Å². The topological polar surface area (TPSA) is 39.7 Å². The Morgan fingerprint density at radius 3 is 2.74 bits per heavy atom. The summed E-state index contributed by atoms with van der Waals surface area (Å²) in [7, 11) is 5.97. The maximum absolute atomic E-state index is 4.35. The number of nitrogens with zero attached hydrogens (tertiary/aromatic N) is 2. The standard InChI is InChI=1S/C17H28N4S.HI/c1-18-17(20-14-8-9-16(11-14)22-4)19-12-13-6-5-7-15(10-13)21(2)3;/h5-7,10,14,16H,8-9,11-12H2,1-4H3,(H2,18,19,20);1H. The summed E-state index contributed by atoms with van der Waals surface area (Å²) in [5.41, 5.74) is 2.49. The molecule has 1 aromatic rings. The van der Waals surface area contributed by atoms with Crippen molar-refractivity contribution < 1.29 is 0 Å². The molecule has 6 heteroatoms. The molecule has 130 valence electrons. The van der Waals surface area contributed by atoms with Crippen LogP contribution in [0, 0.1) is 0 Å². The number of thioether (sulfide) groups is 1. The third-order valence-corrected chi connectivity index (χ3v) is 5.26. The second-order valence-electron chi connectivity index (χ2n) is 6.00. The molecular formula is C17H29IN4S. The first-order valence-electron chi connectivity index (χ1n) is 7.88. The van der Waals surface area contributed by atoms with Crippen LogP contribution in [-0.2, 0) is 6.54 Å². The lowest BCUT2D eigenvalue weighted by molar-refractivity contribution is 0.614. The first-order chi connectivity index (χ1) is 10.6. The Morgan fingerprint density at radius 1 is 1.35 bits per heavy atom. The molecule has 0 saturated heterocycles. The highest BCUT2D eigenvalue weighted by Crippen LogP contribution is 2.28. The molecule has 0 aromatic heterocycles. The predicted octanol–water partition coefficient (Wildman–Crippen LogP) is 3.32. The fraction of sp³-hybridized carbons (Fsp3) is 0.588. The Morgan fingerprint density at radius 2 is 2.13 bits per heavy atom. The van der Waals surface area contributed by atoms with E-state index in [4.69, 9.17) is 0 Å². The maximum Gasteiger partial charge on any atom is 0.191 e. The highest BCUT2D eigenvalue weighted by molar-refractivity contribution is 14.0. The van der Waals surface area contributed by atoms with Crippen molar-refractivity contribution in [2.45, 2.75) is 37.1 Å². The minimum absolute atomic E-state index is 0. The zero-order valence-electron chi connectivity index (χ0n) is 14.5. The van der Waals surface area contributed by atoms with Crippen molar-refractivity contribution in [2.24, 2.45) is 4.99 Å². The van der Waals surface area contributed by atoms with Gasteiger partial charge in [-0.1, -0.05) is 12.1 Å². The van der Waals surface area contributed by atoms with E-state index in [0.29, 0.717) is 6.04 Å². The van der Waals surface area contributed by atoms with E-state index in [-0.39, 0.29) is 24.0 Å². The fourth-order valence-electron chi connectivity index (χ4n) is 2.80. The molecule has 0 spiro atoms. The van der Waals surface area contributed by atoms with E-state index in [1.54, 1.807) is 0 Å². The third kappa shape index (κ3) is 6.41. The second kappa shape index (κ2) is 10.3. The molecular weight excluding hydrogens is 419 g/mol. The smallest absolute Gasteiger partial charge is 0.191 e. The van der Waals surface area contributed by atoms with Gasteiger partial charge in [0, 0.05) is 44.7 Å². The Labute approximate surface area is 161 Å². The van der Waals surface area contributed by atoms with Crippen LogP contribution in [0.5, 0.6) is 0 Å². The van der Waals surface area contributed by atoms with Gasteiger partial charge in [-0.2, -0.15) is 11.8 Å². The van der Waals surface area contributed by atoms with Crippen molar-refractivity contribution in [3.8, 4) is 0 Å². The van der Waals surface area contributed by atoms with Crippen LogP contribution in [0.3, 0.4) is 0 Å². The van der Waals surface area contributed by atoms with Gasteiger partial charge in [0.25, 0.3) is 0 Å². The minimum atomic E-state index is 0. The van der Waals surface area contributed by atoms with E-state index in [1.165, 1.54) is 30.5 Å². The van der Waals surface area contributed by atoms with Gasteiger partial charge in [0.05, 0.1) is 0 Å². The zero-order valence-corrected chi connectivity index (χ0v) is 17.7. The number of anilines is 1. The van der Waals surface area contributed by atoms with E-state index in [0.717, 1.165) is 17.8 Å². The molecule has 4 nitrogen and oxygen atoms in total. The van der Waals surface area contributed by atoms with Crippen molar-refractivity contribution in [1.82, 2.24) is 10.6 Å². The molecule has 0 amide bonds. The van der Waals surface area contributed by atoms with E-state index in [9.17, 15) is 0 Å². The van der Waals surface area contributed by atoms with Gasteiger partial charge in [-0.15, -0.1) is 24.0 Å². The van der Waals surface area contributed by atoms with Gasteiger partial charge < -0.3 is 15.5 Å². The first-order valence-corrected chi connectivity index (χ1v) is 9.17. The predicted molar refractivity (Wildman–Crippen MR) is 114 cm³/mol. The Balaban J connectivity index is 0.00000264. The Hall–Kier alpha value is -0.630. The molecule has 1 fully saturated rings. The molecule has 0 aliphatic heterocycles. The van der Waals surface area contributed by atoms with Crippen LogP contribution in [0.1, 0.15) is 24.8 Å². The molecule has 2 rings (SSSR count). The molecule has 1 aromatic carbocycles. The van der Waals surface area contributed by atoms with Crippen LogP contribution < -0.4 is 15.5 Å². The lowest BCUT2D eigenvalue weighted by atomic mass is 10.2. The van der Waals surface area contributed by atoms with Crippen LogP contribution in [-0.4, -0.2) is 44.7 Å². The second-order valence-corrected chi connectivity index (χ2v) is 7.14. The first kappa shape index (κ1) is 20.4. The molecule has 2 atom stereocenters. The van der Waals surface area contributed by atoms with E-state index in [2.05, 4.69) is 65.1 Å². The van der Waals surface area contributed by atoms with Gasteiger partial charge in [-0.25, -0.2) is 0 Å². The SMILES string of the molecule is CN=C(NCc1cccc(N(C)C)c1)NC1CCC(SC)C1.I. The summed E-state index contributed by atoms with van der Waals surface area (Å²) in [5, 5.41) is 7.78. The lowest BCUT2D eigenvalue weighted by Gasteiger charge is -2.18. The largest absolute Gasteiger partial charge is 0.378 e. The van der Waals surface area contributed by atoms with Crippen LogP contribution in [0.25, 0.3) is 0 Å². The molecule has 2 N–H and O–H groups in total. The number of benzene rings is 1. The van der Waals surface area contributed by atoms with Gasteiger partial charge in [0.1, 0.15) is 0 Å². The number of hydrogen-bond acceptors (Lipinski definition) is 3. The molecule has 2 unspecified atom stereocenters. The highest BCUT2D eigenvalue weighted by atomic mass is 127. The average molecular weight is 448 g/mol. The van der Waals surface area contributed by atoms with Gasteiger partial charge in [0.2, 0.25) is 0 Å². The highest BCUT2D eigenvalue weighted by Gasteiger charge is 2.24. The molecule has 1 aliphatic carbocycles. The third-order valence-electron chi connectivity index (χ3n) is 4.17. The van der Waals surface area contributed by atoms with Crippen molar-refractivity contribution in [2.75, 3.05) is 32.3 Å². The van der Waals surface area contributed by atoms with Crippen molar-refractivity contribution in [3.05, 3.63) is 29.8 Å². The van der Waals surface area contributed by atoms with Gasteiger partial charge >= 0.3 is 0 Å². The molecule has 1 aliphatic rings. The maximum atomic E-state index is 4.35. The Bertz CT molecular complexity index is 507. The fourth-order valence-corrected chi connectivity index (χ4v) is 3.60. The molecule has 0 heterocycles. The van der Waals surface area contributed by atoms with Crippen LogP contribution in [0.4, 0.5) is 5.69 Å².